The molecule has 3 atom stereocenters. The van der Waals surface area contributed by atoms with Crippen molar-refractivity contribution in [1.82, 2.24) is 4.90 Å². The number of fused-ring (bicyclic) bond motifs is 3. The Bertz CT molecular complexity index is 650. The number of rotatable bonds is 3. The summed E-state index contributed by atoms with van der Waals surface area (Å²) in [5.74, 6) is 0. The number of hydrogen-bond acceptors (Lipinski definition) is 2. The van der Waals surface area contributed by atoms with Gasteiger partial charge in [-0.3, -0.25) is 0 Å². The number of nitrogens with zero attached hydrogens (tertiary/aromatic N) is 1. The lowest BCUT2D eigenvalue weighted by atomic mass is 9.56. The minimum atomic E-state index is -0.925. The molecule has 3 heterocycles. The summed E-state index contributed by atoms with van der Waals surface area (Å²) < 4.78 is 0. The first kappa shape index (κ1) is 17.0. The van der Waals surface area contributed by atoms with E-state index in [0.29, 0.717) is 0 Å². The molecule has 1 aliphatic carbocycles. The van der Waals surface area contributed by atoms with E-state index in [9.17, 15) is 5.11 Å². The Hall–Kier alpha value is -0.420. The van der Waals surface area contributed by atoms with Gasteiger partial charge < -0.3 is 10.0 Å². The monoisotopic (exact) mass is 451 g/mol. The Labute approximate surface area is 160 Å². The molecule has 4 heteroatoms. The van der Waals surface area contributed by atoms with Crippen LogP contribution in [-0.2, 0) is 5.60 Å². The molecule has 3 saturated heterocycles. The van der Waals surface area contributed by atoms with Crippen molar-refractivity contribution in [3.05, 3.63) is 59.7 Å². The fourth-order valence-electron chi connectivity index (χ4n) is 4.77. The molecule has 3 fully saturated rings. The van der Waals surface area contributed by atoms with Gasteiger partial charge in [0, 0.05) is 10.2 Å². The molecule has 1 aromatic carbocycles. The Balaban J connectivity index is 1.87. The SMILES string of the molecule is OC(C1=CC=CC(Br)C1Br)(c1ccccc1)C12CCN(CC1)CC2. The summed E-state index contributed by atoms with van der Waals surface area (Å²) >= 11 is 7.59. The maximum atomic E-state index is 12.3. The Kier molecular flexibility index (Phi) is 4.53. The fraction of sp³-hybridized carbons (Fsp3) is 0.500. The van der Waals surface area contributed by atoms with Crippen LogP contribution in [0.4, 0.5) is 0 Å². The molecule has 3 aliphatic heterocycles. The molecular weight excluding hydrogens is 430 g/mol. The third kappa shape index (κ3) is 2.49. The summed E-state index contributed by atoms with van der Waals surface area (Å²) in [4.78, 5) is 2.83. The lowest BCUT2D eigenvalue weighted by molar-refractivity contribution is -0.128. The maximum absolute atomic E-state index is 12.3. The van der Waals surface area contributed by atoms with E-state index in [-0.39, 0.29) is 15.1 Å². The van der Waals surface area contributed by atoms with E-state index in [1.807, 2.05) is 18.2 Å². The van der Waals surface area contributed by atoms with Crippen molar-refractivity contribution in [2.45, 2.75) is 34.5 Å². The maximum Gasteiger partial charge on any atom is 0.118 e. The Morgan fingerprint density at radius 3 is 2.29 bits per heavy atom. The zero-order valence-corrected chi connectivity index (χ0v) is 16.8. The van der Waals surface area contributed by atoms with Crippen LogP contribution in [0.5, 0.6) is 0 Å². The molecule has 0 amide bonds. The number of alkyl halides is 2. The first-order chi connectivity index (χ1) is 11.6. The number of hydrogen-bond donors (Lipinski definition) is 1. The second-order valence-electron chi connectivity index (χ2n) is 7.30. The third-order valence-electron chi connectivity index (χ3n) is 6.24. The average Bonchev–Trinajstić information content (AvgIpc) is 2.65. The molecule has 1 aromatic rings. The lowest BCUT2D eigenvalue weighted by Crippen LogP contribution is -2.59. The molecule has 3 unspecified atom stereocenters. The number of halogens is 2. The molecule has 128 valence electrons. The van der Waals surface area contributed by atoms with E-state index in [1.165, 1.54) is 0 Å². The highest BCUT2D eigenvalue weighted by Crippen LogP contribution is 2.58. The van der Waals surface area contributed by atoms with Crippen LogP contribution in [0.1, 0.15) is 24.8 Å². The quantitative estimate of drug-likeness (QED) is 0.687. The highest BCUT2D eigenvalue weighted by atomic mass is 79.9. The van der Waals surface area contributed by atoms with Gasteiger partial charge in [-0.15, -0.1) is 0 Å². The lowest BCUT2D eigenvalue weighted by Gasteiger charge is -2.58. The van der Waals surface area contributed by atoms with E-state index in [1.54, 1.807) is 0 Å². The van der Waals surface area contributed by atoms with Crippen LogP contribution in [0.3, 0.4) is 0 Å². The van der Waals surface area contributed by atoms with Crippen molar-refractivity contribution in [1.29, 1.82) is 0 Å². The number of piperidine rings is 3. The molecule has 0 aromatic heterocycles. The predicted octanol–water partition coefficient (Wildman–Crippen LogP) is 4.38. The topological polar surface area (TPSA) is 23.5 Å². The van der Waals surface area contributed by atoms with Crippen molar-refractivity contribution in [2.75, 3.05) is 19.6 Å². The van der Waals surface area contributed by atoms with Crippen LogP contribution in [-0.4, -0.2) is 39.3 Å². The first-order valence-electron chi connectivity index (χ1n) is 8.74. The summed E-state index contributed by atoms with van der Waals surface area (Å²) in [5, 5.41) is 12.3. The summed E-state index contributed by atoms with van der Waals surface area (Å²) in [6.07, 6.45) is 9.52. The Morgan fingerprint density at radius 2 is 1.67 bits per heavy atom. The molecular formula is C20H23Br2NO. The van der Waals surface area contributed by atoms with Crippen molar-refractivity contribution in [3.8, 4) is 0 Å². The molecule has 5 rings (SSSR count). The van der Waals surface area contributed by atoms with Gasteiger partial charge in [0.05, 0.1) is 4.83 Å². The molecule has 2 bridgehead atoms. The molecule has 2 nitrogen and oxygen atoms in total. The molecule has 0 saturated carbocycles. The standard InChI is InChI=1S/C20H23Br2NO/c21-17-8-4-7-16(18(17)22)20(24,15-5-2-1-3-6-15)19-9-12-23(13-10-19)14-11-19/h1-8,17-18,24H,9-14H2. The van der Waals surface area contributed by atoms with Gasteiger partial charge >= 0.3 is 0 Å². The van der Waals surface area contributed by atoms with Crippen LogP contribution in [0, 0.1) is 5.41 Å². The molecule has 0 spiro atoms. The minimum Gasteiger partial charge on any atom is -0.380 e. The third-order valence-corrected chi connectivity index (χ3v) is 8.85. The summed E-state index contributed by atoms with van der Waals surface area (Å²) in [5.41, 5.74) is 1.13. The molecule has 4 aliphatic rings. The van der Waals surface area contributed by atoms with Crippen LogP contribution in [0.15, 0.2) is 54.1 Å². The van der Waals surface area contributed by atoms with Crippen LogP contribution >= 0.6 is 31.9 Å². The summed E-state index contributed by atoms with van der Waals surface area (Å²) in [6, 6.07) is 10.3. The van der Waals surface area contributed by atoms with Crippen LogP contribution in [0.2, 0.25) is 0 Å². The zero-order valence-electron chi connectivity index (χ0n) is 13.7. The fourth-order valence-corrected chi connectivity index (χ4v) is 5.90. The summed E-state index contributed by atoms with van der Waals surface area (Å²) in [6.45, 7) is 3.30. The van der Waals surface area contributed by atoms with E-state index >= 15 is 0 Å². The van der Waals surface area contributed by atoms with Gasteiger partial charge in [0.25, 0.3) is 0 Å². The van der Waals surface area contributed by atoms with Crippen LogP contribution < -0.4 is 0 Å². The Morgan fingerprint density at radius 1 is 1.04 bits per heavy atom. The predicted molar refractivity (Wildman–Crippen MR) is 106 cm³/mol. The van der Waals surface area contributed by atoms with Gasteiger partial charge in [0.15, 0.2) is 0 Å². The van der Waals surface area contributed by atoms with Gasteiger partial charge in [-0.05, 0) is 50.0 Å². The zero-order chi connectivity index (χ0) is 16.8. The highest BCUT2D eigenvalue weighted by Gasteiger charge is 2.57. The number of benzene rings is 1. The van der Waals surface area contributed by atoms with Crippen molar-refractivity contribution in [2.24, 2.45) is 5.41 Å². The molecule has 0 radical (unpaired) electrons. The normalized spacial score (nSPS) is 37.8. The summed E-state index contributed by atoms with van der Waals surface area (Å²) in [7, 11) is 0. The van der Waals surface area contributed by atoms with E-state index in [2.05, 4.69) is 67.1 Å². The second kappa shape index (κ2) is 6.39. The van der Waals surface area contributed by atoms with Gasteiger partial charge in [-0.1, -0.05) is 80.4 Å². The largest absolute Gasteiger partial charge is 0.380 e. The van der Waals surface area contributed by atoms with Crippen molar-refractivity contribution >= 4 is 31.9 Å². The smallest absolute Gasteiger partial charge is 0.118 e. The number of aliphatic hydroxyl groups is 1. The molecule has 24 heavy (non-hydrogen) atoms. The van der Waals surface area contributed by atoms with Crippen LogP contribution in [0.25, 0.3) is 0 Å². The van der Waals surface area contributed by atoms with Crippen molar-refractivity contribution in [3.63, 3.8) is 0 Å². The molecule has 1 N–H and O–H groups in total. The van der Waals surface area contributed by atoms with Gasteiger partial charge in [-0.25, -0.2) is 0 Å². The van der Waals surface area contributed by atoms with Gasteiger partial charge in [-0.2, -0.15) is 0 Å². The van der Waals surface area contributed by atoms with E-state index in [0.717, 1.165) is 50.0 Å². The number of allylic oxidation sites excluding steroid dienone is 3. The second-order valence-corrected chi connectivity index (χ2v) is 9.35. The highest BCUT2D eigenvalue weighted by molar-refractivity contribution is 9.12. The van der Waals surface area contributed by atoms with E-state index < -0.39 is 5.60 Å². The van der Waals surface area contributed by atoms with Crippen molar-refractivity contribution < 1.29 is 5.11 Å². The van der Waals surface area contributed by atoms with Gasteiger partial charge in [0.1, 0.15) is 5.60 Å². The average molecular weight is 453 g/mol. The van der Waals surface area contributed by atoms with Gasteiger partial charge in [0.2, 0.25) is 0 Å². The van der Waals surface area contributed by atoms with E-state index in [4.69, 9.17) is 0 Å². The minimum absolute atomic E-state index is 0.0706. The first-order valence-corrected chi connectivity index (χ1v) is 10.6.